The second-order valence-corrected chi connectivity index (χ2v) is 5.14. The third kappa shape index (κ3) is 2.30. The van der Waals surface area contributed by atoms with Crippen LogP contribution in [0.4, 0.5) is 0 Å². The lowest BCUT2D eigenvalue weighted by atomic mass is 10.2. The molecule has 0 bridgehead atoms. The smallest absolute Gasteiger partial charge is 0.241 e. The molecule has 1 amide bonds. The highest BCUT2D eigenvalue weighted by Crippen LogP contribution is 2.26. The lowest BCUT2D eigenvalue weighted by molar-refractivity contribution is -0.122. The molecule has 5 nitrogen and oxygen atoms in total. The molecule has 2 aromatic rings. The summed E-state index contributed by atoms with van der Waals surface area (Å²) in [4.78, 5) is 12.0. The average molecular weight is 291 g/mol. The quantitative estimate of drug-likeness (QED) is 0.840. The van der Waals surface area contributed by atoms with Gasteiger partial charge in [-0.25, -0.2) is 0 Å². The van der Waals surface area contributed by atoms with Gasteiger partial charge in [0.25, 0.3) is 0 Å². The summed E-state index contributed by atoms with van der Waals surface area (Å²) in [6.07, 6.45) is 3.80. The molecule has 0 radical (unpaired) electrons. The van der Waals surface area contributed by atoms with Crippen LogP contribution in [-0.4, -0.2) is 28.3 Å². The van der Waals surface area contributed by atoms with Gasteiger partial charge in [-0.1, -0.05) is 29.8 Å². The van der Waals surface area contributed by atoms with Gasteiger partial charge in [-0.15, -0.1) is 0 Å². The minimum absolute atomic E-state index is 0.0513. The molecular weight excluding hydrogens is 276 g/mol. The summed E-state index contributed by atoms with van der Waals surface area (Å²) in [6.45, 7) is 1.10. The SMILES string of the molecule is Cn1nc(CNC(=O)[C@@H]2C=CCN2)c2c(Cl)cccc21. The van der Waals surface area contributed by atoms with E-state index in [2.05, 4.69) is 15.7 Å². The van der Waals surface area contributed by atoms with E-state index in [0.29, 0.717) is 11.6 Å². The van der Waals surface area contributed by atoms with E-state index in [1.165, 1.54) is 0 Å². The third-order valence-electron chi connectivity index (χ3n) is 3.40. The Morgan fingerprint density at radius 3 is 3.20 bits per heavy atom. The van der Waals surface area contributed by atoms with Crippen LogP contribution < -0.4 is 10.6 Å². The number of rotatable bonds is 3. The van der Waals surface area contributed by atoms with Gasteiger partial charge in [0.15, 0.2) is 0 Å². The van der Waals surface area contributed by atoms with Crippen LogP contribution in [0.2, 0.25) is 5.02 Å². The molecule has 0 spiro atoms. The van der Waals surface area contributed by atoms with E-state index in [1.54, 1.807) is 4.68 Å². The van der Waals surface area contributed by atoms with Crippen molar-refractivity contribution in [1.82, 2.24) is 20.4 Å². The summed E-state index contributed by atoms with van der Waals surface area (Å²) in [5.74, 6) is -0.0513. The number of benzene rings is 1. The van der Waals surface area contributed by atoms with E-state index >= 15 is 0 Å². The Morgan fingerprint density at radius 1 is 1.60 bits per heavy atom. The van der Waals surface area contributed by atoms with Gasteiger partial charge < -0.3 is 5.32 Å². The molecule has 0 saturated heterocycles. The minimum atomic E-state index is -0.250. The highest BCUT2D eigenvalue weighted by Gasteiger charge is 2.18. The number of aryl methyl sites for hydroxylation is 1. The monoisotopic (exact) mass is 290 g/mol. The van der Waals surface area contributed by atoms with E-state index in [4.69, 9.17) is 11.6 Å². The first-order valence-corrected chi connectivity index (χ1v) is 6.82. The van der Waals surface area contributed by atoms with Gasteiger partial charge in [-0.05, 0) is 12.1 Å². The van der Waals surface area contributed by atoms with Crippen LogP contribution >= 0.6 is 11.6 Å². The summed E-state index contributed by atoms with van der Waals surface area (Å²) in [5, 5.41) is 11.9. The van der Waals surface area contributed by atoms with Crippen molar-refractivity contribution < 1.29 is 4.79 Å². The molecule has 104 valence electrons. The number of carbonyl (C=O) groups excluding carboxylic acids is 1. The maximum Gasteiger partial charge on any atom is 0.241 e. The fourth-order valence-electron chi connectivity index (χ4n) is 2.40. The predicted octanol–water partition coefficient (Wildman–Crippen LogP) is 1.37. The highest BCUT2D eigenvalue weighted by atomic mass is 35.5. The van der Waals surface area contributed by atoms with Gasteiger partial charge in [-0.3, -0.25) is 14.8 Å². The number of hydrogen-bond donors (Lipinski definition) is 2. The van der Waals surface area contributed by atoms with Crippen molar-refractivity contribution in [3.63, 3.8) is 0 Å². The Hall–Kier alpha value is -1.85. The molecule has 0 aliphatic carbocycles. The zero-order valence-corrected chi connectivity index (χ0v) is 11.8. The normalized spacial score (nSPS) is 17.8. The van der Waals surface area contributed by atoms with Crippen molar-refractivity contribution in [2.75, 3.05) is 6.54 Å². The Kier molecular flexibility index (Phi) is 3.46. The molecule has 1 aromatic carbocycles. The molecule has 1 aliphatic rings. The number of nitrogens with zero attached hydrogens (tertiary/aromatic N) is 2. The van der Waals surface area contributed by atoms with Crippen molar-refractivity contribution in [2.45, 2.75) is 12.6 Å². The van der Waals surface area contributed by atoms with Gasteiger partial charge >= 0.3 is 0 Å². The van der Waals surface area contributed by atoms with Gasteiger partial charge in [0.2, 0.25) is 5.91 Å². The molecule has 1 atom stereocenters. The second kappa shape index (κ2) is 5.26. The molecule has 0 fully saturated rings. The number of hydrogen-bond acceptors (Lipinski definition) is 3. The Morgan fingerprint density at radius 2 is 2.45 bits per heavy atom. The molecule has 3 rings (SSSR count). The van der Waals surface area contributed by atoms with Gasteiger partial charge in [-0.2, -0.15) is 5.10 Å². The van der Waals surface area contributed by atoms with Crippen LogP contribution in [0.15, 0.2) is 30.4 Å². The van der Waals surface area contributed by atoms with Crippen molar-refractivity contribution in [3.05, 3.63) is 41.1 Å². The number of nitrogens with one attached hydrogen (secondary N) is 2. The number of halogens is 1. The molecular formula is C14H15ClN4O. The van der Waals surface area contributed by atoms with E-state index in [9.17, 15) is 4.79 Å². The van der Waals surface area contributed by atoms with Gasteiger partial charge in [0.1, 0.15) is 6.04 Å². The summed E-state index contributed by atoms with van der Waals surface area (Å²) in [5.41, 5.74) is 1.74. The molecule has 2 N–H and O–H groups in total. The average Bonchev–Trinajstić information content (AvgIpc) is 3.06. The van der Waals surface area contributed by atoms with Crippen molar-refractivity contribution in [2.24, 2.45) is 7.05 Å². The first-order valence-electron chi connectivity index (χ1n) is 6.44. The number of fused-ring (bicyclic) bond motifs is 1. The van der Waals surface area contributed by atoms with Crippen LogP contribution in [0.5, 0.6) is 0 Å². The number of amides is 1. The van der Waals surface area contributed by atoms with E-state index in [-0.39, 0.29) is 11.9 Å². The topological polar surface area (TPSA) is 59.0 Å². The zero-order valence-electron chi connectivity index (χ0n) is 11.1. The maximum absolute atomic E-state index is 12.0. The van der Waals surface area contributed by atoms with Gasteiger partial charge in [0.05, 0.1) is 22.8 Å². The Bertz CT molecular complexity index is 692. The fourth-order valence-corrected chi connectivity index (χ4v) is 2.68. The standard InChI is InChI=1S/C14H15ClN4O/c1-19-12-6-2-4-9(15)13(12)11(18-19)8-17-14(20)10-5-3-7-16-10/h2-6,10,16H,7-8H2,1H3,(H,17,20)/t10-/m0/s1. The minimum Gasteiger partial charge on any atom is -0.349 e. The number of carbonyl (C=O) groups is 1. The first-order chi connectivity index (χ1) is 9.66. The summed E-state index contributed by atoms with van der Waals surface area (Å²) >= 11 is 6.23. The van der Waals surface area contributed by atoms with Crippen molar-refractivity contribution >= 4 is 28.4 Å². The second-order valence-electron chi connectivity index (χ2n) is 4.74. The maximum atomic E-state index is 12.0. The molecule has 1 aliphatic heterocycles. The van der Waals surface area contributed by atoms with E-state index < -0.39 is 0 Å². The molecule has 6 heteroatoms. The molecule has 2 heterocycles. The van der Waals surface area contributed by atoms with Crippen LogP contribution in [-0.2, 0) is 18.4 Å². The highest BCUT2D eigenvalue weighted by molar-refractivity contribution is 6.35. The van der Waals surface area contributed by atoms with Crippen molar-refractivity contribution in [3.8, 4) is 0 Å². The molecule has 20 heavy (non-hydrogen) atoms. The van der Waals surface area contributed by atoms with Crippen LogP contribution in [0, 0.1) is 0 Å². The fraction of sp³-hybridized carbons (Fsp3) is 0.286. The van der Waals surface area contributed by atoms with Gasteiger partial charge in [0, 0.05) is 19.0 Å². The molecule has 0 unspecified atom stereocenters. The predicted molar refractivity (Wildman–Crippen MR) is 78.5 cm³/mol. The van der Waals surface area contributed by atoms with Crippen LogP contribution in [0.1, 0.15) is 5.69 Å². The lowest BCUT2D eigenvalue weighted by Gasteiger charge is -2.09. The molecule has 1 aromatic heterocycles. The van der Waals surface area contributed by atoms with Crippen LogP contribution in [0.25, 0.3) is 10.9 Å². The first kappa shape index (κ1) is 13.1. The van der Waals surface area contributed by atoms with Crippen molar-refractivity contribution in [1.29, 1.82) is 0 Å². The largest absolute Gasteiger partial charge is 0.349 e. The van der Waals surface area contributed by atoms with Crippen LogP contribution in [0.3, 0.4) is 0 Å². The zero-order chi connectivity index (χ0) is 14.1. The summed E-state index contributed by atoms with van der Waals surface area (Å²) < 4.78 is 1.77. The Balaban J connectivity index is 1.81. The van der Waals surface area contributed by atoms with E-state index in [0.717, 1.165) is 23.1 Å². The molecule has 0 saturated carbocycles. The third-order valence-corrected chi connectivity index (χ3v) is 3.71. The Labute approximate surface area is 121 Å². The number of aromatic nitrogens is 2. The lowest BCUT2D eigenvalue weighted by Crippen LogP contribution is -2.40. The summed E-state index contributed by atoms with van der Waals surface area (Å²) in [6, 6.07) is 5.43. The summed E-state index contributed by atoms with van der Waals surface area (Å²) in [7, 11) is 1.87. The van der Waals surface area contributed by atoms with E-state index in [1.807, 2.05) is 37.4 Å².